The van der Waals surface area contributed by atoms with Crippen LogP contribution < -0.4 is 0 Å². The van der Waals surface area contributed by atoms with Crippen LogP contribution in [0.2, 0.25) is 0 Å². The minimum absolute atomic E-state index is 0.0368. The SMILES string of the molecule is COC(=O)/C=C/c1ccc(N=O)c(N=O)c1. The highest BCUT2D eigenvalue weighted by atomic mass is 16.5. The van der Waals surface area contributed by atoms with Crippen molar-refractivity contribution in [3.05, 3.63) is 39.7 Å². The molecule has 0 unspecified atom stereocenters. The molecule has 1 aromatic carbocycles. The summed E-state index contributed by atoms with van der Waals surface area (Å²) in [4.78, 5) is 31.4. The van der Waals surface area contributed by atoms with Crippen molar-refractivity contribution < 1.29 is 9.53 Å². The number of methoxy groups -OCH3 is 1. The van der Waals surface area contributed by atoms with Crippen LogP contribution in [0, 0.1) is 9.81 Å². The summed E-state index contributed by atoms with van der Waals surface area (Å²) in [5, 5.41) is 5.29. The second-order valence-corrected chi connectivity index (χ2v) is 2.79. The fourth-order valence-corrected chi connectivity index (χ4v) is 1.03. The van der Waals surface area contributed by atoms with E-state index in [0.29, 0.717) is 5.56 Å². The highest BCUT2D eigenvalue weighted by Gasteiger charge is 2.03. The van der Waals surface area contributed by atoms with Gasteiger partial charge >= 0.3 is 5.97 Å². The molecule has 6 heteroatoms. The third-order valence-corrected chi connectivity index (χ3v) is 1.81. The van der Waals surface area contributed by atoms with Gasteiger partial charge in [-0.3, -0.25) is 0 Å². The number of esters is 1. The molecule has 0 saturated carbocycles. The largest absolute Gasteiger partial charge is 0.466 e. The molecule has 0 atom stereocenters. The van der Waals surface area contributed by atoms with Gasteiger partial charge < -0.3 is 4.74 Å². The molecule has 0 spiro atoms. The minimum Gasteiger partial charge on any atom is -0.466 e. The molecule has 82 valence electrons. The van der Waals surface area contributed by atoms with E-state index < -0.39 is 5.97 Å². The maximum atomic E-state index is 10.8. The highest BCUT2D eigenvalue weighted by molar-refractivity contribution is 5.87. The Kier molecular flexibility index (Phi) is 4.02. The Bertz CT molecular complexity index is 454. The Balaban J connectivity index is 2.99. The average Bonchev–Trinajstić information content (AvgIpc) is 2.35. The molecular weight excluding hydrogens is 212 g/mol. The van der Waals surface area contributed by atoms with Gasteiger partial charge in [0.25, 0.3) is 0 Å². The number of rotatable bonds is 4. The van der Waals surface area contributed by atoms with Crippen LogP contribution in [0.5, 0.6) is 0 Å². The maximum absolute atomic E-state index is 10.8. The summed E-state index contributed by atoms with van der Waals surface area (Å²) in [5.74, 6) is -0.516. The molecule has 6 nitrogen and oxygen atoms in total. The molecule has 0 aliphatic heterocycles. The molecule has 1 aromatic rings. The summed E-state index contributed by atoms with van der Waals surface area (Å²) < 4.78 is 4.39. The molecule has 0 aliphatic carbocycles. The number of nitroso groups, excluding NO2 is 2. The number of nitrogens with zero attached hydrogens (tertiary/aromatic N) is 2. The van der Waals surface area contributed by atoms with E-state index in [1.807, 2.05) is 0 Å². The minimum atomic E-state index is -0.516. The van der Waals surface area contributed by atoms with Gasteiger partial charge in [0.15, 0.2) is 0 Å². The zero-order chi connectivity index (χ0) is 12.0. The number of carbonyl (C=O) groups excluding carboxylic acids is 1. The number of carbonyl (C=O) groups is 1. The molecule has 0 radical (unpaired) electrons. The zero-order valence-corrected chi connectivity index (χ0v) is 8.41. The third kappa shape index (κ3) is 2.81. The summed E-state index contributed by atoms with van der Waals surface area (Å²) in [7, 11) is 1.25. The first-order valence-electron chi connectivity index (χ1n) is 4.28. The van der Waals surface area contributed by atoms with Gasteiger partial charge in [0.1, 0.15) is 11.4 Å². The van der Waals surface area contributed by atoms with E-state index in [2.05, 4.69) is 15.1 Å². The predicted molar refractivity (Wildman–Crippen MR) is 58.4 cm³/mol. The van der Waals surface area contributed by atoms with Crippen molar-refractivity contribution in [2.75, 3.05) is 7.11 Å². The van der Waals surface area contributed by atoms with Gasteiger partial charge in [0.05, 0.1) is 7.11 Å². The number of hydrogen-bond acceptors (Lipinski definition) is 6. The van der Waals surface area contributed by atoms with Crippen LogP contribution in [0.25, 0.3) is 6.08 Å². The average molecular weight is 220 g/mol. The van der Waals surface area contributed by atoms with Crippen LogP contribution in [-0.4, -0.2) is 13.1 Å². The van der Waals surface area contributed by atoms with Crippen LogP contribution in [0.15, 0.2) is 34.6 Å². The Labute approximate surface area is 90.9 Å². The van der Waals surface area contributed by atoms with Gasteiger partial charge in [-0.05, 0) is 34.1 Å². The van der Waals surface area contributed by atoms with Gasteiger partial charge in [-0.1, -0.05) is 6.07 Å². The summed E-state index contributed by atoms with van der Waals surface area (Å²) in [6, 6.07) is 4.23. The first-order chi connectivity index (χ1) is 7.71. The monoisotopic (exact) mass is 220 g/mol. The van der Waals surface area contributed by atoms with Gasteiger partial charge in [-0.2, -0.15) is 0 Å². The predicted octanol–water partition coefficient (Wildman–Crippen LogP) is 2.67. The lowest BCUT2D eigenvalue weighted by atomic mass is 10.1. The van der Waals surface area contributed by atoms with Gasteiger partial charge in [-0.25, -0.2) is 4.79 Å². The second-order valence-electron chi connectivity index (χ2n) is 2.79. The standard InChI is InChI=1S/C10H8N2O4/c1-16-10(13)5-3-7-2-4-8(11-14)9(6-7)12-15/h2-6H,1H3/b5-3+. The summed E-state index contributed by atoms with van der Waals surface area (Å²) >= 11 is 0. The Morgan fingerprint density at radius 2 is 1.94 bits per heavy atom. The summed E-state index contributed by atoms with van der Waals surface area (Å²) in [6.45, 7) is 0. The zero-order valence-electron chi connectivity index (χ0n) is 8.41. The van der Waals surface area contributed by atoms with E-state index in [0.717, 1.165) is 0 Å². The van der Waals surface area contributed by atoms with E-state index in [1.54, 1.807) is 0 Å². The van der Waals surface area contributed by atoms with Crippen LogP contribution in [0.4, 0.5) is 11.4 Å². The number of benzene rings is 1. The van der Waals surface area contributed by atoms with Crippen molar-refractivity contribution in [3.63, 3.8) is 0 Å². The van der Waals surface area contributed by atoms with Crippen molar-refractivity contribution in [1.82, 2.24) is 0 Å². The fraction of sp³-hybridized carbons (Fsp3) is 0.100. The highest BCUT2D eigenvalue weighted by Crippen LogP contribution is 2.28. The molecular formula is C10H8N2O4. The number of hydrogen-bond donors (Lipinski definition) is 0. The van der Waals surface area contributed by atoms with Gasteiger partial charge in [0.2, 0.25) is 0 Å². The van der Waals surface area contributed by atoms with E-state index in [1.165, 1.54) is 37.5 Å². The van der Waals surface area contributed by atoms with Crippen molar-refractivity contribution in [3.8, 4) is 0 Å². The lowest BCUT2D eigenvalue weighted by molar-refractivity contribution is -0.134. The van der Waals surface area contributed by atoms with Crippen LogP contribution in [-0.2, 0) is 9.53 Å². The van der Waals surface area contributed by atoms with Crippen molar-refractivity contribution in [2.24, 2.45) is 10.4 Å². The second kappa shape index (κ2) is 5.50. The number of ether oxygens (including phenoxy) is 1. The molecule has 16 heavy (non-hydrogen) atoms. The van der Waals surface area contributed by atoms with E-state index in [4.69, 9.17) is 0 Å². The van der Waals surface area contributed by atoms with Gasteiger partial charge in [-0.15, -0.1) is 9.81 Å². The molecule has 1 rings (SSSR count). The maximum Gasteiger partial charge on any atom is 0.330 e. The fourth-order valence-electron chi connectivity index (χ4n) is 1.03. The van der Waals surface area contributed by atoms with Crippen molar-refractivity contribution in [2.45, 2.75) is 0 Å². The lowest BCUT2D eigenvalue weighted by Crippen LogP contribution is -1.93. The van der Waals surface area contributed by atoms with Crippen LogP contribution >= 0.6 is 0 Å². The smallest absolute Gasteiger partial charge is 0.330 e. The molecule has 0 bridgehead atoms. The molecule has 0 amide bonds. The normalized spacial score (nSPS) is 10.1. The summed E-state index contributed by atoms with van der Waals surface area (Å²) in [6.07, 6.45) is 2.63. The lowest BCUT2D eigenvalue weighted by Gasteiger charge is -1.96. The quantitative estimate of drug-likeness (QED) is 0.443. The third-order valence-electron chi connectivity index (χ3n) is 1.81. The first-order valence-corrected chi connectivity index (χ1v) is 4.28. The Morgan fingerprint density at radius 1 is 1.25 bits per heavy atom. The molecule has 0 saturated heterocycles. The van der Waals surface area contributed by atoms with E-state index in [-0.39, 0.29) is 11.4 Å². The van der Waals surface area contributed by atoms with Crippen molar-refractivity contribution >= 4 is 23.4 Å². The van der Waals surface area contributed by atoms with E-state index in [9.17, 15) is 14.6 Å². The molecule has 0 fully saturated rings. The van der Waals surface area contributed by atoms with Crippen LogP contribution in [0.3, 0.4) is 0 Å². The Morgan fingerprint density at radius 3 is 2.50 bits per heavy atom. The van der Waals surface area contributed by atoms with Crippen LogP contribution in [0.1, 0.15) is 5.56 Å². The molecule has 0 aromatic heterocycles. The molecule has 0 heterocycles. The first kappa shape index (κ1) is 11.7. The van der Waals surface area contributed by atoms with E-state index >= 15 is 0 Å². The van der Waals surface area contributed by atoms with Crippen molar-refractivity contribution in [1.29, 1.82) is 0 Å². The topological polar surface area (TPSA) is 85.2 Å². The Hall–Kier alpha value is -2.37. The molecule has 0 aliphatic rings. The van der Waals surface area contributed by atoms with Gasteiger partial charge in [0, 0.05) is 6.08 Å². The molecule has 0 N–H and O–H groups in total. The summed E-state index contributed by atoms with van der Waals surface area (Å²) in [5.41, 5.74) is 0.444.